The van der Waals surface area contributed by atoms with Gasteiger partial charge in [0.15, 0.2) is 6.10 Å². The summed E-state index contributed by atoms with van der Waals surface area (Å²) in [6.07, 6.45) is 0.668. The molecule has 0 aromatic heterocycles. The molecule has 0 fully saturated rings. The van der Waals surface area contributed by atoms with Gasteiger partial charge < -0.3 is 9.84 Å². The average Bonchev–Trinajstić information content (AvgIpc) is 2.26. The molecule has 1 aromatic carbocycles. The van der Waals surface area contributed by atoms with Crippen molar-refractivity contribution in [2.24, 2.45) is 0 Å². The predicted octanol–water partition coefficient (Wildman–Crippen LogP) is 2.01. The van der Waals surface area contributed by atoms with Crippen molar-refractivity contribution in [3.05, 3.63) is 48.6 Å². The Bertz CT molecular complexity index is 368. The summed E-state index contributed by atoms with van der Waals surface area (Å²) in [5.41, 5.74) is -0.588. The largest absolute Gasteiger partial charge is 0.455 e. The Morgan fingerprint density at radius 1 is 1.50 bits per heavy atom. The van der Waals surface area contributed by atoms with Crippen LogP contribution in [0, 0.1) is 0 Å². The van der Waals surface area contributed by atoms with Crippen molar-refractivity contribution in [1.29, 1.82) is 0 Å². The first-order valence-corrected chi connectivity index (χ1v) is 5.06. The van der Waals surface area contributed by atoms with E-state index in [9.17, 15) is 9.90 Å². The van der Waals surface area contributed by atoms with Crippen molar-refractivity contribution < 1.29 is 14.6 Å². The Kier molecular flexibility index (Phi) is 3.85. The monoisotopic (exact) mass is 220 g/mol. The van der Waals surface area contributed by atoms with E-state index < -0.39 is 17.7 Å². The van der Waals surface area contributed by atoms with E-state index in [1.807, 2.05) is 18.2 Å². The second-order valence-corrected chi connectivity index (χ2v) is 3.78. The zero-order valence-electron chi connectivity index (χ0n) is 9.51. The standard InChI is InChI=1S/C13H16O3/c1-4-12(16-10(2)14)13(3,15)11-8-6-5-7-9-11/h4-9,12,15H,1H2,2-3H3/t12-,13-/m0/s1. The predicted molar refractivity (Wildman–Crippen MR) is 61.8 cm³/mol. The smallest absolute Gasteiger partial charge is 0.303 e. The van der Waals surface area contributed by atoms with Crippen LogP contribution in [0.5, 0.6) is 0 Å². The fraction of sp³-hybridized carbons (Fsp3) is 0.308. The Labute approximate surface area is 95.4 Å². The van der Waals surface area contributed by atoms with E-state index in [1.54, 1.807) is 19.1 Å². The zero-order valence-corrected chi connectivity index (χ0v) is 9.51. The zero-order chi connectivity index (χ0) is 12.2. The van der Waals surface area contributed by atoms with Crippen LogP contribution in [0.4, 0.5) is 0 Å². The molecule has 3 nitrogen and oxygen atoms in total. The van der Waals surface area contributed by atoms with Crippen molar-refractivity contribution >= 4 is 5.97 Å². The fourth-order valence-corrected chi connectivity index (χ4v) is 1.51. The fourth-order valence-electron chi connectivity index (χ4n) is 1.51. The third kappa shape index (κ3) is 2.70. The lowest BCUT2D eigenvalue weighted by Gasteiger charge is -2.30. The Morgan fingerprint density at radius 3 is 2.50 bits per heavy atom. The van der Waals surface area contributed by atoms with Crippen LogP contribution in [-0.2, 0) is 15.1 Å². The number of hydrogen-bond donors (Lipinski definition) is 1. The molecule has 0 saturated carbocycles. The third-order valence-corrected chi connectivity index (χ3v) is 2.42. The van der Waals surface area contributed by atoms with Gasteiger partial charge in [-0.2, -0.15) is 0 Å². The molecule has 0 aliphatic carbocycles. The summed E-state index contributed by atoms with van der Waals surface area (Å²) in [5, 5.41) is 10.3. The van der Waals surface area contributed by atoms with Crippen LogP contribution in [-0.4, -0.2) is 17.2 Å². The lowest BCUT2D eigenvalue weighted by molar-refractivity contribution is -0.156. The number of carbonyl (C=O) groups excluding carboxylic acids is 1. The van der Waals surface area contributed by atoms with Crippen molar-refractivity contribution in [3.8, 4) is 0 Å². The lowest BCUT2D eigenvalue weighted by Crippen LogP contribution is -2.38. The first-order valence-electron chi connectivity index (χ1n) is 5.06. The van der Waals surface area contributed by atoms with Crippen LogP contribution in [0.25, 0.3) is 0 Å². The van der Waals surface area contributed by atoms with Gasteiger partial charge in [0.05, 0.1) is 0 Å². The molecule has 0 amide bonds. The van der Waals surface area contributed by atoms with Crippen LogP contribution < -0.4 is 0 Å². The van der Waals surface area contributed by atoms with Gasteiger partial charge in [0, 0.05) is 6.92 Å². The summed E-state index contributed by atoms with van der Waals surface area (Å²) < 4.78 is 5.01. The summed E-state index contributed by atoms with van der Waals surface area (Å²) in [5.74, 6) is -0.443. The van der Waals surface area contributed by atoms with Crippen LogP contribution in [0.3, 0.4) is 0 Å². The Morgan fingerprint density at radius 2 is 2.06 bits per heavy atom. The van der Waals surface area contributed by atoms with Crippen molar-refractivity contribution in [1.82, 2.24) is 0 Å². The normalized spacial score (nSPS) is 15.9. The van der Waals surface area contributed by atoms with Gasteiger partial charge in [-0.25, -0.2) is 0 Å². The highest BCUT2D eigenvalue weighted by molar-refractivity contribution is 5.66. The van der Waals surface area contributed by atoms with E-state index >= 15 is 0 Å². The van der Waals surface area contributed by atoms with E-state index in [2.05, 4.69) is 6.58 Å². The molecule has 0 saturated heterocycles. The molecule has 16 heavy (non-hydrogen) atoms. The average molecular weight is 220 g/mol. The van der Waals surface area contributed by atoms with Crippen LogP contribution in [0.15, 0.2) is 43.0 Å². The van der Waals surface area contributed by atoms with Gasteiger partial charge in [0.25, 0.3) is 0 Å². The number of hydrogen-bond acceptors (Lipinski definition) is 3. The maximum absolute atomic E-state index is 10.9. The summed E-state index contributed by atoms with van der Waals surface area (Å²) in [7, 11) is 0. The molecule has 1 N–H and O–H groups in total. The summed E-state index contributed by atoms with van der Waals surface area (Å²) in [6.45, 7) is 6.47. The first kappa shape index (κ1) is 12.5. The second-order valence-electron chi connectivity index (χ2n) is 3.78. The van der Waals surface area contributed by atoms with E-state index in [-0.39, 0.29) is 0 Å². The van der Waals surface area contributed by atoms with Gasteiger partial charge in [-0.05, 0) is 18.6 Å². The number of ether oxygens (including phenoxy) is 1. The Hall–Kier alpha value is -1.61. The number of carbonyl (C=O) groups is 1. The highest BCUT2D eigenvalue weighted by atomic mass is 16.6. The summed E-state index contributed by atoms with van der Waals surface area (Å²) >= 11 is 0. The molecule has 0 aliphatic rings. The van der Waals surface area contributed by atoms with Gasteiger partial charge in [-0.15, -0.1) is 0 Å². The molecule has 0 spiro atoms. The van der Waals surface area contributed by atoms with E-state index in [0.29, 0.717) is 5.56 Å². The number of benzene rings is 1. The highest BCUT2D eigenvalue weighted by Crippen LogP contribution is 2.27. The summed E-state index contributed by atoms with van der Waals surface area (Å²) in [6, 6.07) is 9.05. The minimum absolute atomic E-state index is 0.443. The van der Waals surface area contributed by atoms with E-state index in [1.165, 1.54) is 13.0 Å². The molecular formula is C13H16O3. The SMILES string of the molecule is C=C[C@H](OC(C)=O)[C@@](C)(O)c1ccccc1. The maximum Gasteiger partial charge on any atom is 0.303 e. The minimum Gasteiger partial charge on any atom is -0.455 e. The first-order chi connectivity index (χ1) is 7.48. The lowest BCUT2D eigenvalue weighted by atomic mass is 9.90. The van der Waals surface area contributed by atoms with E-state index in [4.69, 9.17) is 4.74 Å². The molecule has 0 unspecified atom stereocenters. The second kappa shape index (κ2) is 4.94. The molecular weight excluding hydrogens is 204 g/mol. The van der Waals surface area contributed by atoms with E-state index in [0.717, 1.165) is 0 Å². The van der Waals surface area contributed by atoms with Crippen LogP contribution in [0.1, 0.15) is 19.4 Å². The quantitative estimate of drug-likeness (QED) is 0.623. The molecule has 0 bridgehead atoms. The molecule has 1 rings (SSSR count). The van der Waals surface area contributed by atoms with Gasteiger partial charge in [-0.1, -0.05) is 36.9 Å². The molecule has 86 valence electrons. The van der Waals surface area contributed by atoms with Gasteiger partial charge >= 0.3 is 5.97 Å². The third-order valence-electron chi connectivity index (χ3n) is 2.42. The van der Waals surface area contributed by atoms with Gasteiger partial charge in [-0.3, -0.25) is 4.79 Å². The van der Waals surface area contributed by atoms with Gasteiger partial charge in [0.1, 0.15) is 5.60 Å². The highest BCUT2D eigenvalue weighted by Gasteiger charge is 2.33. The molecule has 0 aliphatic heterocycles. The van der Waals surface area contributed by atoms with Gasteiger partial charge in [0.2, 0.25) is 0 Å². The van der Waals surface area contributed by atoms with Crippen molar-refractivity contribution in [2.45, 2.75) is 25.6 Å². The molecule has 1 aromatic rings. The minimum atomic E-state index is -1.27. The maximum atomic E-state index is 10.9. The topological polar surface area (TPSA) is 46.5 Å². The van der Waals surface area contributed by atoms with Crippen LogP contribution in [0.2, 0.25) is 0 Å². The molecule has 0 radical (unpaired) electrons. The Balaban J connectivity index is 2.98. The molecule has 2 atom stereocenters. The van der Waals surface area contributed by atoms with Crippen molar-refractivity contribution in [3.63, 3.8) is 0 Å². The van der Waals surface area contributed by atoms with Crippen molar-refractivity contribution in [2.75, 3.05) is 0 Å². The summed E-state index contributed by atoms with van der Waals surface area (Å²) in [4.78, 5) is 10.9. The number of esters is 1. The molecule has 0 heterocycles. The number of rotatable bonds is 4. The number of aliphatic hydroxyl groups is 1. The molecule has 3 heteroatoms. The van der Waals surface area contributed by atoms with Crippen LogP contribution >= 0.6 is 0 Å².